The van der Waals surface area contributed by atoms with Crippen LogP contribution in [0.15, 0.2) is 24.4 Å². The van der Waals surface area contributed by atoms with Crippen molar-refractivity contribution in [1.29, 1.82) is 0 Å². The number of aliphatic hydroxyl groups is 1. The average Bonchev–Trinajstić information content (AvgIpc) is 2.74. The van der Waals surface area contributed by atoms with E-state index in [1.807, 2.05) is 0 Å². The molecule has 198 valence electrons. The number of aliphatic hydroxyl groups excluding tert-OH is 1. The fourth-order valence-corrected chi connectivity index (χ4v) is 4.25. The third-order valence-corrected chi connectivity index (χ3v) is 5.87. The number of benzene rings is 1. The first-order chi connectivity index (χ1) is 16.8. The molecule has 13 heteroatoms. The van der Waals surface area contributed by atoms with Gasteiger partial charge in [-0.25, -0.2) is 9.78 Å². The minimum atomic E-state index is -3.08. The second-order valence-corrected chi connectivity index (χ2v) is 10.2. The number of nitrogens with one attached hydrogen (secondary N) is 2. The Balaban J connectivity index is 1.75. The van der Waals surface area contributed by atoms with Gasteiger partial charge in [0.15, 0.2) is 11.6 Å². The number of hydrogen-bond acceptors (Lipinski definition) is 8. The molecular formula is C23H29Cl2F2N5O4. The number of rotatable bonds is 7. The van der Waals surface area contributed by atoms with Crippen LogP contribution in [-0.2, 0) is 4.74 Å². The van der Waals surface area contributed by atoms with E-state index in [4.69, 9.17) is 27.9 Å². The molecule has 0 bridgehead atoms. The van der Waals surface area contributed by atoms with Gasteiger partial charge in [0.25, 0.3) is 0 Å². The number of hydrogen-bond donors (Lipinski definition) is 3. The largest absolute Gasteiger partial charge is 0.444 e. The molecule has 2 heterocycles. The lowest BCUT2D eigenvalue weighted by Gasteiger charge is -2.36. The van der Waals surface area contributed by atoms with E-state index >= 15 is 0 Å². The number of amides is 1. The van der Waals surface area contributed by atoms with Crippen LogP contribution in [0.5, 0.6) is 5.75 Å². The second kappa shape index (κ2) is 11.6. The standard InChI is InChI=1S/C23H29Cl2F2N5O4/c1-12(14-6-5-13(24)9-15(14)25)29-19-18(35-20(26)27)10-28-21(31-19)32-8-7-16(17(33)11-32)30-22(34)36-23(2,3)4/h5-6,9-10,12,16-17,20,33H,7-8,11H2,1-4H3,(H,30,34)(H,28,29,31)/t12-,16+,17+/m1/s1. The van der Waals surface area contributed by atoms with Gasteiger partial charge in [0.2, 0.25) is 5.95 Å². The number of nitrogens with zero attached hydrogens (tertiary/aromatic N) is 3. The molecule has 1 aromatic carbocycles. The van der Waals surface area contributed by atoms with Crippen LogP contribution in [0.3, 0.4) is 0 Å². The second-order valence-electron chi connectivity index (χ2n) is 9.35. The van der Waals surface area contributed by atoms with Crippen LogP contribution in [0.2, 0.25) is 10.0 Å². The van der Waals surface area contributed by atoms with Crippen molar-refractivity contribution in [3.63, 3.8) is 0 Å². The SMILES string of the molecule is C[C@@H](Nc1nc(N2CC[C@H](NC(=O)OC(C)(C)C)[C@@H](O)C2)ncc1OC(F)F)c1ccc(Cl)cc1Cl. The van der Waals surface area contributed by atoms with Gasteiger partial charge >= 0.3 is 12.7 Å². The quantitative estimate of drug-likeness (QED) is 0.443. The van der Waals surface area contributed by atoms with Crippen molar-refractivity contribution >= 4 is 41.1 Å². The minimum Gasteiger partial charge on any atom is -0.444 e. The Morgan fingerprint density at radius 1 is 1.31 bits per heavy atom. The minimum absolute atomic E-state index is 0.0299. The van der Waals surface area contributed by atoms with Crippen molar-refractivity contribution in [3.05, 3.63) is 40.0 Å². The maximum Gasteiger partial charge on any atom is 0.407 e. The van der Waals surface area contributed by atoms with Crippen molar-refractivity contribution in [3.8, 4) is 5.75 Å². The zero-order valence-electron chi connectivity index (χ0n) is 20.3. The first-order valence-corrected chi connectivity index (χ1v) is 12.0. The number of alkyl carbamates (subject to hydrolysis) is 1. The van der Waals surface area contributed by atoms with Gasteiger partial charge in [-0.05, 0) is 51.8 Å². The van der Waals surface area contributed by atoms with Crippen molar-refractivity contribution in [2.45, 2.75) is 64.5 Å². The number of piperidine rings is 1. The third-order valence-electron chi connectivity index (χ3n) is 5.31. The fourth-order valence-electron chi connectivity index (χ4n) is 3.68. The molecule has 3 N–H and O–H groups in total. The van der Waals surface area contributed by atoms with Crippen molar-refractivity contribution in [2.75, 3.05) is 23.3 Å². The van der Waals surface area contributed by atoms with E-state index < -0.39 is 36.5 Å². The maximum atomic E-state index is 13.0. The van der Waals surface area contributed by atoms with Crippen LogP contribution in [0.4, 0.5) is 25.3 Å². The van der Waals surface area contributed by atoms with Crippen molar-refractivity contribution < 1.29 is 28.2 Å². The number of carbonyl (C=O) groups excluding carboxylic acids is 1. The number of β-amino-alcohol motifs (C(OH)–C–C–N with tert-alkyl or cyclic N) is 1. The van der Waals surface area contributed by atoms with Crippen LogP contribution in [-0.4, -0.2) is 58.6 Å². The summed E-state index contributed by atoms with van der Waals surface area (Å²) in [6.45, 7) is 4.44. The molecule has 3 atom stereocenters. The van der Waals surface area contributed by atoms with Crippen molar-refractivity contribution in [2.24, 2.45) is 0 Å². The molecule has 9 nitrogen and oxygen atoms in total. The third kappa shape index (κ3) is 7.68. The molecule has 1 aliphatic heterocycles. The van der Waals surface area contributed by atoms with E-state index in [-0.39, 0.29) is 24.1 Å². The maximum absolute atomic E-state index is 13.0. The molecule has 0 aliphatic carbocycles. The first kappa shape index (κ1) is 27.9. The summed E-state index contributed by atoms with van der Waals surface area (Å²) in [5.74, 6) is -0.0155. The molecule has 1 saturated heterocycles. The molecule has 3 rings (SSSR count). The number of halogens is 4. The molecule has 1 amide bonds. The number of alkyl halides is 2. The van der Waals surface area contributed by atoms with E-state index in [9.17, 15) is 18.7 Å². The molecule has 0 spiro atoms. The molecule has 36 heavy (non-hydrogen) atoms. The molecule has 1 fully saturated rings. The molecule has 1 aromatic heterocycles. The Kier molecular flexibility index (Phi) is 9.02. The highest BCUT2D eigenvalue weighted by Crippen LogP contribution is 2.32. The van der Waals surface area contributed by atoms with Gasteiger partial charge in [0, 0.05) is 23.1 Å². The summed E-state index contributed by atoms with van der Waals surface area (Å²) in [6.07, 6.45) is -0.0237. The zero-order chi connectivity index (χ0) is 26.6. The highest BCUT2D eigenvalue weighted by atomic mass is 35.5. The van der Waals surface area contributed by atoms with Gasteiger partial charge in [-0.3, -0.25) is 0 Å². The Bertz CT molecular complexity index is 1070. The number of anilines is 2. The van der Waals surface area contributed by atoms with E-state index in [2.05, 4.69) is 25.3 Å². The Morgan fingerprint density at radius 3 is 2.64 bits per heavy atom. The predicted molar refractivity (Wildman–Crippen MR) is 133 cm³/mol. The van der Waals surface area contributed by atoms with Crippen LogP contribution >= 0.6 is 23.2 Å². The van der Waals surface area contributed by atoms with Crippen LogP contribution in [0.25, 0.3) is 0 Å². The summed E-state index contributed by atoms with van der Waals surface area (Å²) in [5.41, 5.74) is 0.0104. The number of ether oxygens (including phenoxy) is 2. The highest BCUT2D eigenvalue weighted by Gasteiger charge is 2.32. The molecule has 0 unspecified atom stereocenters. The summed E-state index contributed by atoms with van der Waals surface area (Å²) in [5, 5.41) is 17.2. The first-order valence-electron chi connectivity index (χ1n) is 11.3. The smallest absolute Gasteiger partial charge is 0.407 e. The predicted octanol–water partition coefficient (Wildman–Crippen LogP) is 5.02. The van der Waals surface area contributed by atoms with Crippen LogP contribution in [0.1, 0.15) is 45.7 Å². The molecule has 1 aliphatic rings. The summed E-state index contributed by atoms with van der Waals surface area (Å²) in [7, 11) is 0. The summed E-state index contributed by atoms with van der Waals surface area (Å²) >= 11 is 12.2. The van der Waals surface area contributed by atoms with E-state index in [1.54, 1.807) is 50.8 Å². The lowest BCUT2D eigenvalue weighted by molar-refractivity contribution is -0.0498. The summed E-state index contributed by atoms with van der Waals surface area (Å²) < 4.78 is 35.8. The normalized spacial score (nSPS) is 19.1. The van der Waals surface area contributed by atoms with Gasteiger partial charge in [-0.15, -0.1) is 0 Å². The van der Waals surface area contributed by atoms with Gasteiger partial charge in [-0.2, -0.15) is 13.8 Å². The Morgan fingerprint density at radius 2 is 2.03 bits per heavy atom. The van der Waals surface area contributed by atoms with Gasteiger partial charge in [-0.1, -0.05) is 29.3 Å². The zero-order valence-corrected chi connectivity index (χ0v) is 21.8. The summed E-state index contributed by atoms with van der Waals surface area (Å²) in [6, 6.07) is 4.00. The molecule has 2 aromatic rings. The Labute approximate surface area is 218 Å². The van der Waals surface area contributed by atoms with Crippen LogP contribution in [0, 0.1) is 0 Å². The highest BCUT2D eigenvalue weighted by molar-refractivity contribution is 6.35. The lowest BCUT2D eigenvalue weighted by atomic mass is 10.0. The lowest BCUT2D eigenvalue weighted by Crippen LogP contribution is -2.55. The number of carbonyl (C=O) groups is 1. The van der Waals surface area contributed by atoms with Gasteiger partial charge < -0.3 is 30.1 Å². The van der Waals surface area contributed by atoms with Crippen molar-refractivity contribution in [1.82, 2.24) is 15.3 Å². The summed E-state index contributed by atoms with van der Waals surface area (Å²) in [4.78, 5) is 22.3. The topological polar surface area (TPSA) is 109 Å². The van der Waals surface area contributed by atoms with Gasteiger partial charge in [0.05, 0.1) is 24.4 Å². The van der Waals surface area contributed by atoms with Gasteiger partial charge in [0.1, 0.15) is 5.60 Å². The molecular weight excluding hydrogens is 519 g/mol. The monoisotopic (exact) mass is 547 g/mol. The van der Waals surface area contributed by atoms with Crippen LogP contribution < -0.4 is 20.3 Å². The molecule has 0 radical (unpaired) electrons. The fraction of sp³-hybridized carbons (Fsp3) is 0.522. The van der Waals surface area contributed by atoms with E-state index in [1.165, 1.54) is 0 Å². The van der Waals surface area contributed by atoms with E-state index in [0.717, 1.165) is 6.20 Å². The molecule has 0 saturated carbocycles. The van der Waals surface area contributed by atoms with E-state index in [0.29, 0.717) is 28.6 Å². The number of aromatic nitrogens is 2. The Hall–Kier alpha value is -2.63. The average molecular weight is 548 g/mol.